The minimum atomic E-state index is -0.525. The van der Waals surface area contributed by atoms with Gasteiger partial charge in [0, 0.05) is 10.6 Å². The van der Waals surface area contributed by atoms with Crippen LogP contribution in [0, 0.1) is 0 Å². The number of hydrogen-bond donors (Lipinski definition) is 2. The highest BCUT2D eigenvalue weighted by molar-refractivity contribution is 6.30. The van der Waals surface area contributed by atoms with Crippen LogP contribution in [-0.2, 0) is 5.54 Å². The van der Waals surface area contributed by atoms with Gasteiger partial charge >= 0.3 is 0 Å². The van der Waals surface area contributed by atoms with Crippen molar-refractivity contribution in [1.82, 2.24) is 10.1 Å². The summed E-state index contributed by atoms with van der Waals surface area (Å²) < 4.78 is 5.46. The molecule has 0 spiro atoms. The number of anilines is 1. The number of carbonyl (C=O) groups excluding carboxylic acids is 1. The first-order valence-corrected chi connectivity index (χ1v) is 9.22. The molecule has 0 radical (unpaired) electrons. The zero-order valence-electron chi connectivity index (χ0n) is 14.6. The molecular weight excluding hydrogens is 364 g/mol. The van der Waals surface area contributed by atoms with Crippen LogP contribution in [0.5, 0.6) is 0 Å². The van der Waals surface area contributed by atoms with E-state index in [0.29, 0.717) is 33.6 Å². The van der Waals surface area contributed by atoms with E-state index in [9.17, 15) is 4.79 Å². The van der Waals surface area contributed by atoms with Crippen molar-refractivity contribution < 1.29 is 9.32 Å². The monoisotopic (exact) mass is 382 g/mol. The van der Waals surface area contributed by atoms with Gasteiger partial charge in [0.05, 0.1) is 16.8 Å². The Bertz CT molecular complexity index is 962. The predicted octanol–water partition coefficient (Wildman–Crippen LogP) is 4.37. The quantitative estimate of drug-likeness (QED) is 0.698. The lowest BCUT2D eigenvalue weighted by molar-refractivity contribution is 0.102. The zero-order valence-corrected chi connectivity index (χ0v) is 15.4. The summed E-state index contributed by atoms with van der Waals surface area (Å²) in [5.74, 6) is 0.618. The van der Waals surface area contributed by atoms with Crippen LogP contribution < -0.4 is 11.1 Å². The third-order valence-corrected chi connectivity index (χ3v) is 5.13. The molecule has 0 saturated heterocycles. The van der Waals surface area contributed by atoms with Crippen LogP contribution in [-0.4, -0.2) is 16.0 Å². The van der Waals surface area contributed by atoms with Crippen molar-refractivity contribution in [3.63, 3.8) is 0 Å². The molecule has 4 rings (SSSR count). The van der Waals surface area contributed by atoms with Crippen LogP contribution in [0.3, 0.4) is 0 Å². The second-order valence-electron chi connectivity index (χ2n) is 6.79. The van der Waals surface area contributed by atoms with E-state index in [4.69, 9.17) is 21.9 Å². The van der Waals surface area contributed by atoms with E-state index in [1.807, 2.05) is 18.2 Å². The van der Waals surface area contributed by atoms with Gasteiger partial charge in [-0.05, 0) is 49.2 Å². The highest BCUT2D eigenvalue weighted by Gasteiger charge is 2.36. The van der Waals surface area contributed by atoms with Gasteiger partial charge in [-0.2, -0.15) is 4.98 Å². The van der Waals surface area contributed by atoms with E-state index in [1.165, 1.54) is 0 Å². The minimum absolute atomic E-state index is 0.245. The van der Waals surface area contributed by atoms with Crippen LogP contribution in [0.25, 0.3) is 11.5 Å². The molecular formula is C20H19ClN4O2. The first-order chi connectivity index (χ1) is 13.0. The number of benzene rings is 2. The molecule has 2 aromatic carbocycles. The van der Waals surface area contributed by atoms with E-state index >= 15 is 0 Å². The first kappa shape index (κ1) is 17.7. The topological polar surface area (TPSA) is 94.0 Å². The molecule has 1 fully saturated rings. The summed E-state index contributed by atoms with van der Waals surface area (Å²) in [6.07, 6.45) is 3.82. The zero-order chi connectivity index (χ0) is 18.9. The standard InChI is InChI=1S/C20H19ClN4O2/c21-14-9-7-13(8-10-14)17(26)23-16-6-2-1-5-15(16)18-24-19(25-27-18)20(22)11-3-4-12-20/h1-2,5-10H,3-4,11-12,22H2,(H,23,26). The van der Waals surface area contributed by atoms with Gasteiger partial charge in [-0.15, -0.1) is 0 Å². The summed E-state index contributed by atoms with van der Waals surface area (Å²) >= 11 is 5.88. The molecule has 1 saturated carbocycles. The summed E-state index contributed by atoms with van der Waals surface area (Å²) in [5, 5.41) is 7.56. The van der Waals surface area contributed by atoms with E-state index in [0.717, 1.165) is 25.7 Å². The average molecular weight is 383 g/mol. The molecule has 3 N–H and O–H groups in total. The highest BCUT2D eigenvalue weighted by atomic mass is 35.5. The fourth-order valence-electron chi connectivity index (χ4n) is 3.34. The fraction of sp³-hybridized carbons (Fsp3) is 0.250. The van der Waals surface area contributed by atoms with Gasteiger partial charge in [-0.25, -0.2) is 0 Å². The molecule has 1 aromatic heterocycles. The second-order valence-corrected chi connectivity index (χ2v) is 7.23. The van der Waals surface area contributed by atoms with Crippen LogP contribution in [0.2, 0.25) is 5.02 Å². The maximum absolute atomic E-state index is 12.5. The Hall–Kier alpha value is -2.70. The number of amides is 1. The van der Waals surface area contributed by atoms with E-state index in [1.54, 1.807) is 30.3 Å². The molecule has 0 bridgehead atoms. The predicted molar refractivity (Wildman–Crippen MR) is 103 cm³/mol. The Kier molecular flexibility index (Phi) is 4.68. The molecule has 1 aliphatic rings. The molecule has 27 heavy (non-hydrogen) atoms. The van der Waals surface area contributed by atoms with Gasteiger partial charge in [0.15, 0.2) is 5.82 Å². The van der Waals surface area contributed by atoms with E-state index < -0.39 is 5.54 Å². The number of aromatic nitrogens is 2. The number of para-hydroxylation sites is 1. The Morgan fingerprint density at radius 2 is 1.81 bits per heavy atom. The lowest BCUT2D eigenvalue weighted by Crippen LogP contribution is -2.34. The number of nitrogens with zero attached hydrogens (tertiary/aromatic N) is 2. The van der Waals surface area contributed by atoms with Gasteiger partial charge < -0.3 is 15.6 Å². The molecule has 0 unspecified atom stereocenters. The van der Waals surface area contributed by atoms with E-state index in [-0.39, 0.29) is 5.91 Å². The smallest absolute Gasteiger partial charge is 0.260 e. The third-order valence-electron chi connectivity index (χ3n) is 4.88. The lowest BCUT2D eigenvalue weighted by atomic mass is 9.98. The second kappa shape index (κ2) is 7.13. The van der Waals surface area contributed by atoms with Crippen molar-refractivity contribution in [2.45, 2.75) is 31.2 Å². The Balaban J connectivity index is 1.61. The van der Waals surface area contributed by atoms with Gasteiger partial charge in [-0.1, -0.05) is 41.7 Å². The first-order valence-electron chi connectivity index (χ1n) is 8.85. The Morgan fingerprint density at radius 3 is 2.56 bits per heavy atom. The molecule has 3 aromatic rings. The maximum atomic E-state index is 12.5. The average Bonchev–Trinajstić information content (AvgIpc) is 3.33. The van der Waals surface area contributed by atoms with Crippen LogP contribution in [0.1, 0.15) is 41.9 Å². The van der Waals surface area contributed by atoms with Gasteiger partial charge in [0.1, 0.15) is 0 Å². The molecule has 138 valence electrons. The Morgan fingerprint density at radius 1 is 1.11 bits per heavy atom. The molecule has 6 nitrogen and oxygen atoms in total. The number of halogens is 1. The number of carbonyl (C=O) groups is 1. The van der Waals surface area contributed by atoms with Crippen molar-refractivity contribution in [1.29, 1.82) is 0 Å². The van der Waals surface area contributed by atoms with Crippen molar-refractivity contribution >= 4 is 23.2 Å². The van der Waals surface area contributed by atoms with E-state index in [2.05, 4.69) is 15.5 Å². The summed E-state index contributed by atoms with van der Waals surface area (Å²) in [7, 11) is 0. The molecule has 1 aliphatic carbocycles. The number of hydrogen-bond acceptors (Lipinski definition) is 5. The van der Waals surface area contributed by atoms with Crippen molar-refractivity contribution in [3.8, 4) is 11.5 Å². The maximum Gasteiger partial charge on any atom is 0.260 e. The number of rotatable bonds is 4. The minimum Gasteiger partial charge on any atom is -0.334 e. The number of nitrogens with one attached hydrogen (secondary N) is 1. The number of nitrogens with two attached hydrogens (primary N) is 1. The normalized spacial score (nSPS) is 15.6. The molecule has 7 heteroatoms. The summed E-state index contributed by atoms with van der Waals surface area (Å²) in [5.41, 5.74) is 7.64. The van der Waals surface area contributed by atoms with Crippen molar-refractivity contribution in [2.24, 2.45) is 5.73 Å². The summed E-state index contributed by atoms with van der Waals surface area (Å²) in [6, 6.07) is 14.0. The van der Waals surface area contributed by atoms with Gasteiger partial charge in [0.25, 0.3) is 11.8 Å². The third kappa shape index (κ3) is 3.59. The van der Waals surface area contributed by atoms with Crippen LogP contribution in [0.15, 0.2) is 53.1 Å². The fourth-order valence-corrected chi connectivity index (χ4v) is 3.46. The highest BCUT2D eigenvalue weighted by Crippen LogP contribution is 2.36. The van der Waals surface area contributed by atoms with Crippen LogP contribution >= 0.6 is 11.6 Å². The lowest BCUT2D eigenvalue weighted by Gasteiger charge is -2.17. The Labute approximate surface area is 161 Å². The molecule has 0 aliphatic heterocycles. The van der Waals surface area contributed by atoms with Crippen molar-refractivity contribution in [2.75, 3.05) is 5.32 Å². The van der Waals surface area contributed by atoms with Crippen LogP contribution in [0.4, 0.5) is 5.69 Å². The summed E-state index contributed by atoms with van der Waals surface area (Å²) in [6.45, 7) is 0. The van der Waals surface area contributed by atoms with Gasteiger partial charge in [0.2, 0.25) is 0 Å². The largest absolute Gasteiger partial charge is 0.334 e. The SMILES string of the molecule is NC1(c2noc(-c3ccccc3NC(=O)c3ccc(Cl)cc3)n2)CCCC1. The molecule has 1 amide bonds. The van der Waals surface area contributed by atoms with Gasteiger partial charge in [-0.3, -0.25) is 4.79 Å². The van der Waals surface area contributed by atoms with Crippen molar-refractivity contribution in [3.05, 3.63) is 64.9 Å². The molecule has 1 heterocycles. The molecule has 0 atom stereocenters. The summed E-state index contributed by atoms with van der Waals surface area (Å²) in [4.78, 5) is 17.0.